The maximum absolute atomic E-state index is 13.9. The highest BCUT2D eigenvalue weighted by atomic mass is 35.5. The maximum Gasteiger partial charge on any atom is 0.145 e. The summed E-state index contributed by atoms with van der Waals surface area (Å²) in [5.74, 6) is -0.835. The Kier molecular flexibility index (Phi) is 4.64. The van der Waals surface area contributed by atoms with Gasteiger partial charge in [0.1, 0.15) is 11.6 Å². The molecule has 0 spiro atoms. The average Bonchev–Trinajstić information content (AvgIpc) is 2.44. The zero-order valence-corrected chi connectivity index (χ0v) is 12.7. The minimum Gasteiger partial charge on any atom is -0.392 e. The molecule has 0 amide bonds. The third-order valence-corrected chi connectivity index (χ3v) is 4.16. The van der Waals surface area contributed by atoms with Gasteiger partial charge in [-0.2, -0.15) is 0 Å². The molecule has 0 radical (unpaired) electrons. The van der Waals surface area contributed by atoms with Crippen LogP contribution in [0, 0.1) is 11.6 Å². The van der Waals surface area contributed by atoms with Gasteiger partial charge >= 0.3 is 0 Å². The predicted octanol–water partition coefficient (Wildman–Crippen LogP) is 4.50. The van der Waals surface area contributed by atoms with Crippen LogP contribution in [-0.4, -0.2) is 11.2 Å². The molecule has 21 heavy (non-hydrogen) atoms. The Bertz CT molecular complexity index is 623. The number of benzene rings is 2. The Labute approximate surface area is 128 Å². The van der Waals surface area contributed by atoms with Crippen molar-refractivity contribution in [3.63, 3.8) is 0 Å². The van der Waals surface area contributed by atoms with E-state index in [4.69, 9.17) is 11.6 Å². The fourth-order valence-corrected chi connectivity index (χ4v) is 2.44. The number of hydrogen-bond acceptors (Lipinski definition) is 1. The summed E-state index contributed by atoms with van der Waals surface area (Å²) in [5, 5.41) is 10.5. The monoisotopic (exact) mass is 310 g/mol. The summed E-state index contributed by atoms with van der Waals surface area (Å²) in [5.41, 5.74) is 0.520. The highest BCUT2D eigenvalue weighted by Gasteiger charge is 2.30. The van der Waals surface area contributed by atoms with E-state index >= 15 is 0 Å². The second kappa shape index (κ2) is 6.12. The van der Waals surface area contributed by atoms with E-state index in [1.165, 1.54) is 18.2 Å². The Morgan fingerprint density at radius 1 is 1.10 bits per heavy atom. The Balaban J connectivity index is 2.24. The van der Waals surface area contributed by atoms with Gasteiger partial charge in [0.25, 0.3) is 0 Å². The van der Waals surface area contributed by atoms with Crippen molar-refractivity contribution in [1.29, 1.82) is 0 Å². The standard InChI is InChI=1S/C17H17ClF2O/c1-17(2,12-6-8-13(19)9-7-12)15(21)10-11-4-3-5-14(18)16(11)20/h3-9,15,21H,10H2,1-2H3. The van der Waals surface area contributed by atoms with Crippen LogP contribution in [0.5, 0.6) is 0 Å². The Morgan fingerprint density at radius 3 is 2.33 bits per heavy atom. The maximum atomic E-state index is 13.9. The molecule has 1 unspecified atom stereocenters. The van der Waals surface area contributed by atoms with Gasteiger partial charge in [0, 0.05) is 11.8 Å². The van der Waals surface area contributed by atoms with Crippen molar-refractivity contribution in [3.05, 3.63) is 70.2 Å². The lowest BCUT2D eigenvalue weighted by Crippen LogP contribution is -2.35. The lowest BCUT2D eigenvalue weighted by Gasteiger charge is -2.31. The van der Waals surface area contributed by atoms with Gasteiger partial charge in [-0.15, -0.1) is 0 Å². The van der Waals surface area contributed by atoms with Gasteiger partial charge in [0.15, 0.2) is 0 Å². The van der Waals surface area contributed by atoms with Crippen LogP contribution >= 0.6 is 11.6 Å². The fourth-order valence-electron chi connectivity index (χ4n) is 2.24. The Hall–Kier alpha value is -1.45. The van der Waals surface area contributed by atoms with E-state index in [2.05, 4.69) is 0 Å². The second-order valence-electron chi connectivity index (χ2n) is 5.66. The molecule has 2 aromatic carbocycles. The minimum atomic E-state index is -0.823. The molecule has 1 N–H and O–H groups in total. The zero-order valence-electron chi connectivity index (χ0n) is 11.9. The van der Waals surface area contributed by atoms with Gasteiger partial charge in [0.05, 0.1) is 11.1 Å². The van der Waals surface area contributed by atoms with Crippen molar-refractivity contribution < 1.29 is 13.9 Å². The van der Waals surface area contributed by atoms with Gasteiger partial charge in [0.2, 0.25) is 0 Å². The average molecular weight is 311 g/mol. The molecule has 2 aromatic rings. The van der Waals surface area contributed by atoms with Gasteiger partial charge in [-0.25, -0.2) is 8.78 Å². The molecule has 0 saturated heterocycles. The molecule has 0 aliphatic rings. The van der Waals surface area contributed by atoms with Crippen LogP contribution in [0.2, 0.25) is 5.02 Å². The van der Waals surface area contributed by atoms with Crippen molar-refractivity contribution in [1.82, 2.24) is 0 Å². The summed E-state index contributed by atoms with van der Waals surface area (Å²) in [6.45, 7) is 3.68. The molecule has 1 nitrogen and oxygen atoms in total. The first-order chi connectivity index (χ1) is 9.82. The molecule has 1 atom stereocenters. The topological polar surface area (TPSA) is 20.2 Å². The van der Waals surface area contributed by atoms with Crippen LogP contribution in [0.4, 0.5) is 8.78 Å². The number of halogens is 3. The molecule has 0 fully saturated rings. The third kappa shape index (κ3) is 3.42. The van der Waals surface area contributed by atoms with E-state index < -0.39 is 17.3 Å². The highest BCUT2D eigenvalue weighted by Crippen LogP contribution is 2.30. The summed E-state index contributed by atoms with van der Waals surface area (Å²) in [6.07, 6.45) is -0.688. The molecule has 112 valence electrons. The predicted molar refractivity (Wildman–Crippen MR) is 80.5 cm³/mol. The number of rotatable bonds is 4. The molecule has 4 heteroatoms. The van der Waals surface area contributed by atoms with Crippen molar-refractivity contribution in [3.8, 4) is 0 Å². The molecule has 0 aliphatic heterocycles. The van der Waals surface area contributed by atoms with E-state index in [1.54, 1.807) is 24.3 Å². The summed E-state index contributed by atoms with van der Waals surface area (Å²) in [4.78, 5) is 0. The number of hydrogen-bond donors (Lipinski definition) is 1. The summed E-state index contributed by atoms with van der Waals surface area (Å²) >= 11 is 5.75. The molecular formula is C17H17ClF2O. The highest BCUT2D eigenvalue weighted by molar-refractivity contribution is 6.30. The first-order valence-corrected chi connectivity index (χ1v) is 7.07. The van der Waals surface area contributed by atoms with Gasteiger partial charge < -0.3 is 5.11 Å². The van der Waals surface area contributed by atoms with Crippen molar-refractivity contribution in [2.75, 3.05) is 0 Å². The summed E-state index contributed by atoms with van der Waals surface area (Å²) in [6, 6.07) is 10.7. The molecule has 0 aliphatic carbocycles. The molecule has 0 bridgehead atoms. The lowest BCUT2D eigenvalue weighted by molar-refractivity contribution is 0.0991. The second-order valence-corrected chi connectivity index (χ2v) is 6.07. The van der Waals surface area contributed by atoms with Crippen molar-refractivity contribution in [2.45, 2.75) is 31.8 Å². The molecule has 2 rings (SSSR count). The van der Waals surface area contributed by atoms with Crippen molar-refractivity contribution in [2.24, 2.45) is 0 Å². The van der Waals surface area contributed by atoms with E-state index in [0.717, 1.165) is 5.56 Å². The largest absolute Gasteiger partial charge is 0.392 e. The lowest BCUT2D eigenvalue weighted by atomic mass is 9.77. The number of aliphatic hydroxyl groups is 1. The SMILES string of the molecule is CC(C)(c1ccc(F)cc1)C(O)Cc1cccc(Cl)c1F. The van der Waals surface area contributed by atoms with E-state index in [9.17, 15) is 13.9 Å². The summed E-state index contributed by atoms with van der Waals surface area (Å²) < 4.78 is 26.9. The van der Waals surface area contributed by atoms with Gasteiger partial charge in [-0.3, -0.25) is 0 Å². The minimum absolute atomic E-state index is 0.0410. The number of aliphatic hydroxyl groups excluding tert-OH is 1. The Morgan fingerprint density at radius 2 is 1.71 bits per heavy atom. The van der Waals surface area contributed by atoms with Crippen LogP contribution in [-0.2, 0) is 11.8 Å². The van der Waals surface area contributed by atoms with Gasteiger partial charge in [-0.1, -0.05) is 49.7 Å². The zero-order chi connectivity index (χ0) is 15.6. The van der Waals surface area contributed by atoms with Crippen LogP contribution in [0.25, 0.3) is 0 Å². The quantitative estimate of drug-likeness (QED) is 0.881. The van der Waals surface area contributed by atoms with E-state index in [1.807, 2.05) is 13.8 Å². The van der Waals surface area contributed by atoms with Crippen LogP contribution in [0.1, 0.15) is 25.0 Å². The first-order valence-electron chi connectivity index (χ1n) is 6.69. The van der Waals surface area contributed by atoms with E-state index in [-0.39, 0.29) is 17.3 Å². The molecule has 0 aromatic heterocycles. The summed E-state index contributed by atoms with van der Waals surface area (Å²) in [7, 11) is 0. The molecule has 0 saturated carbocycles. The smallest absolute Gasteiger partial charge is 0.145 e. The van der Waals surface area contributed by atoms with E-state index in [0.29, 0.717) is 5.56 Å². The van der Waals surface area contributed by atoms with Crippen LogP contribution < -0.4 is 0 Å². The fraction of sp³-hybridized carbons (Fsp3) is 0.294. The van der Waals surface area contributed by atoms with Gasteiger partial charge in [-0.05, 0) is 29.3 Å². The third-order valence-electron chi connectivity index (χ3n) is 3.87. The normalized spacial score (nSPS) is 13.2. The van der Waals surface area contributed by atoms with Crippen LogP contribution in [0.3, 0.4) is 0 Å². The van der Waals surface area contributed by atoms with Crippen LogP contribution in [0.15, 0.2) is 42.5 Å². The molecular weight excluding hydrogens is 294 g/mol. The van der Waals surface area contributed by atoms with Crippen molar-refractivity contribution >= 4 is 11.6 Å². The first kappa shape index (κ1) is 15.9. The molecule has 0 heterocycles.